The van der Waals surface area contributed by atoms with Gasteiger partial charge in [-0.15, -0.1) is 0 Å². The minimum absolute atomic E-state index is 0.172. The number of ether oxygens (including phenoxy) is 1. The van der Waals surface area contributed by atoms with Crippen molar-refractivity contribution in [2.75, 3.05) is 19.8 Å². The van der Waals surface area contributed by atoms with Gasteiger partial charge >= 0.3 is 0 Å². The van der Waals surface area contributed by atoms with E-state index < -0.39 is 10.0 Å². The van der Waals surface area contributed by atoms with Gasteiger partial charge in [0.1, 0.15) is 0 Å². The van der Waals surface area contributed by atoms with E-state index in [9.17, 15) is 8.42 Å². The highest BCUT2D eigenvalue weighted by Gasteiger charge is 2.21. The zero-order valence-corrected chi connectivity index (χ0v) is 11.5. The van der Waals surface area contributed by atoms with Crippen molar-refractivity contribution in [3.63, 3.8) is 0 Å². The zero-order valence-electron chi connectivity index (χ0n) is 10.7. The van der Waals surface area contributed by atoms with Crippen LogP contribution in [0.3, 0.4) is 0 Å². The molecule has 1 aromatic carbocycles. The zero-order chi connectivity index (χ0) is 13.9. The summed E-state index contributed by atoms with van der Waals surface area (Å²) in [5.74, 6) is 0.231. The van der Waals surface area contributed by atoms with Gasteiger partial charge in [0.25, 0.3) is 0 Å². The standard InChI is InChI=1S/C13H16N2O3S/c1-10-2-3-11(7-14)6-13(10)19(16,17)15-8-12-4-5-18-9-12/h2-3,6,12,15H,4-5,8-9H2,1H3. The summed E-state index contributed by atoms with van der Waals surface area (Å²) in [6.07, 6.45) is 0.875. The average molecular weight is 280 g/mol. The van der Waals surface area contributed by atoms with Crippen LogP contribution in [-0.2, 0) is 14.8 Å². The van der Waals surface area contributed by atoms with Gasteiger partial charge in [-0.2, -0.15) is 5.26 Å². The molecule has 1 atom stereocenters. The lowest BCUT2D eigenvalue weighted by molar-refractivity contribution is 0.186. The Morgan fingerprint density at radius 3 is 2.95 bits per heavy atom. The van der Waals surface area contributed by atoms with Gasteiger partial charge < -0.3 is 4.74 Å². The predicted molar refractivity (Wildman–Crippen MR) is 70.0 cm³/mol. The number of hydrogen-bond acceptors (Lipinski definition) is 4. The first-order valence-electron chi connectivity index (χ1n) is 6.11. The summed E-state index contributed by atoms with van der Waals surface area (Å²) in [5, 5.41) is 8.84. The second kappa shape index (κ2) is 5.70. The van der Waals surface area contributed by atoms with Crippen molar-refractivity contribution in [3.8, 4) is 6.07 Å². The first-order chi connectivity index (χ1) is 9.03. The number of sulfonamides is 1. The summed E-state index contributed by atoms with van der Waals surface area (Å²) >= 11 is 0. The van der Waals surface area contributed by atoms with Crippen LogP contribution in [0.1, 0.15) is 17.5 Å². The normalized spacial score (nSPS) is 19.3. The predicted octanol–water partition coefficient (Wildman–Crippen LogP) is 1.18. The fourth-order valence-corrected chi connectivity index (χ4v) is 3.39. The van der Waals surface area contributed by atoms with Gasteiger partial charge in [-0.25, -0.2) is 13.1 Å². The van der Waals surface area contributed by atoms with Crippen LogP contribution in [0.2, 0.25) is 0 Å². The molecule has 1 aromatic rings. The summed E-state index contributed by atoms with van der Waals surface area (Å²) in [6, 6.07) is 6.61. The van der Waals surface area contributed by atoms with Gasteiger partial charge in [0.2, 0.25) is 10.0 Å². The van der Waals surface area contributed by atoms with Crippen molar-refractivity contribution in [1.82, 2.24) is 4.72 Å². The lowest BCUT2D eigenvalue weighted by atomic mass is 10.1. The molecule has 0 radical (unpaired) electrons. The third-order valence-corrected chi connectivity index (χ3v) is 4.76. The molecule has 102 valence electrons. The molecule has 1 aliphatic heterocycles. The van der Waals surface area contributed by atoms with Crippen LogP contribution >= 0.6 is 0 Å². The summed E-state index contributed by atoms with van der Waals surface area (Å²) < 4.78 is 32.2. The minimum atomic E-state index is -3.57. The third-order valence-electron chi connectivity index (χ3n) is 3.19. The maximum Gasteiger partial charge on any atom is 0.240 e. The van der Waals surface area contributed by atoms with Crippen LogP contribution in [0.25, 0.3) is 0 Å². The Kier molecular flexibility index (Phi) is 4.20. The van der Waals surface area contributed by atoms with Gasteiger partial charge in [-0.3, -0.25) is 0 Å². The Morgan fingerprint density at radius 1 is 1.53 bits per heavy atom. The van der Waals surface area contributed by atoms with E-state index >= 15 is 0 Å². The molecule has 1 heterocycles. The SMILES string of the molecule is Cc1ccc(C#N)cc1S(=O)(=O)NCC1CCOC1. The van der Waals surface area contributed by atoms with E-state index in [4.69, 9.17) is 10.00 Å². The molecule has 0 amide bonds. The first kappa shape index (κ1) is 14.0. The Balaban J connectivity index is 2.16. The fraction of sp³-hybridized carbons (Fsp3) is 0.462. The maximum absolute atomic E-state index is 12.2. The molecule has 5 nitrogen and oxygen atoms in total. The van der Waals surface area contributed by atoms with Crippen LogP contribution in [0.15, 0.2) is 23.1 Å². The van der Waals surface area contributed by atoms with E-state index in [1.165, 1.54) is 6.07 Å². The van der Waals surface area contributed by atoms with Gasteiger partial charge in [0.05, 0.1) is 23.1 Å². The summed E-state index contributed by atoms with van der Waals surface area (Å²) in [5.41, 5.74) is 0.976. The van der Waals surface area contributed by atoms with Crippen molar-refractivity contribution < 1.29 is 13.2 Å². The minimum Gasteiger partial charge on any atom is -0.381 e. The lowest BCUT2D eigenvalue weighted by Gasteiger charge is -2.12. The Hall–Kier alpha value is -1.42. The maximum atomic E-state index is 12.2. The molecular weight excluding hydrogens is 264 g/mol. The number of nitriles is 1. The van der Waals surface area contributed by atoms with Crippen LogP contribution < -0.4 is 4.72 Å². The van der Waals surface area contributed by atoms with Crippen molar-refractivity contribution in [1.29, 1.82) is 5.26 Å². The molecular formula is C13H16N2O3S. The quantitative estimate of drug-likeness (QED) is 0.898. The second-order valence-electron chi connectivity index (χ2n) is 4.67. The molecule has 0 aromatic heterocycles. The number of hydrogen-bond donors (Lipinski definition) is 1. The number of nitrogens with zero attached hydrogens (tertiary/aromatic N) is 1. The second-order valence-corrected chi connectivity index (χ2v) is 6.41. The van der Waals surface area contributed by atoms with Gasteiger partial charge in [0.15, 0.2) is 0 Å². The number of rotatable bonds is 4. The molecule has 0 bridgehead atoms. The highest BCUT2D eigenvalue weighted by atomic mass is 32.2. The summed E-state index contributed by atoms with van der Waals surface area (Å²) in [4.78, 5) is 0.172. The van der Waals surface area contributed by atoms with Crippen LogP contribution in [0.5, 0.6) is 0 Å². The smallest absolute Gasteiger partial charge is 0.240 e. The van der Waals surface area contributed by atoms with Crippen molar-refractivity contribution in [2.24, 2.45) is 5.92 Å². The van der Waals surface area contributed by atoms with Gasteiger partial charge in [0, 0.05) is 13.2 Å². The van der Waals surface area contributed by atoms with Crippen molar-refractivity contribution >= 4 is 10.0 Å². The Bertz CT molecular complexity index is 599. The molecule has 0 aliphatic carbocycles. The average Bonchev–Trinajstić information content (AvgIpc) is 2.90. The van der Waals surface area contributed by atoms with Crippen molar-refractivity contribution in [3.05, 3.63) is 29.3 Å². The Labute approximate surface area is 113 Å². The molecule has 0 saturated carbocycles. The third kappa shape index (κ3) is 3.32. The first-order valence-corrected chi connectivity index (χ1v) is 7.59. The Morgan fingerprint density at radius 2 is 2.32 bits per heavy atom. The summed E-state index contributed by atoms with van der Waals surface area (Å²) in [7, 11) is -3.57. The molecule has 1 N–H and O–H groups in total. The van der Waals surface area contributed by atoms with E-state index in [0.717, 1.165) is 6.42 Å². The highest BCUT2D eigenvalue weighted by Crippen LogP contribution is 2.18. The molecule has 0 spiro atoms. The molecule has 6 heteroatoms. The van der Waals surface area contributed by atoms with Crippen molar-refractivity contribution in [2.45, 2.75) is 18.2 Å². The molecule has 1 fully saturated rings. The fourth-order valence-electron chi connectivity index (χ4n) is 2.01. The largest absolute Gasteiger partial charge is 0.381 e. The molecule has 1 aliphatic rings. The van der Waals surface area contributed by atoms with E-state index in [-0.39, 0.29) is 10.8 Å². The molecule has 2 rings (SSSR count). The highest BCUT2D eigenvalue weighted by molar-refractivity contribution is 7.89. The van der Waals surface area contributed by atoms with Crippen LogP contribution in [0.4, 0.5) is 0 Å². The monoisotopic (exact) mass is 280 g/mol. The van der Waals surface area contributed by atoms with E-state index in [2.05, 4.69) is 4.72 Å². The van der Waals surface area contributed by atoms with E-state index in [0.29, 0.717) is 30.9 Å². The number of nitrogens with one attached hydrogen (secondary N) is 1. The van der Waals surface area contributed by atoms with Crippen LogP contribution in [0, 0.1) is 24.2 Å². The van der Waals surface area contributed by atoms with E-state index in [1.807, 2.05) is 6.07 Å². The summed E-state index contributed by atoms with van der Waals surface area (Å²) in [6.45, 7) is 3.38. The molecule has 1 unspecified atom stereocenters. The lowest BCUT2D eigenvalue weighted by Crippen LogP contribution is -2.30. The van der Waals surface area contributed by atoms with Gasteiger partial charge in [-0.05, 0) is 37.0 Å². The van der Waals surface area contributed by atoms with Gasteiger partial charge in [-0.1, -0.05) is 6.07 Å². The number of aryl methyl sites for hydroxylation is 1. The number of benzene rings is 1. The molecule has 1 saturated heterocycles. The topological polar surface area (TPSA) is 79.2 Å². The van der Waals surface area contributed by atoms with E-state index in [1.54, 1.807) is 19.1 Å². The molecule has 19 heavy (non-hydrogen) atoms. The van der Waals surface area contributed by atoms with Crippen LogP contribution in [-0.4, -0.2) is 28.2 Å².